The second-order valence-corrected chi connectivity index (χ2v) is 8.20. The molecule has 0 radical (unpaired) electrons. The number of carboxylic acid groups (broad SMARTS) is 1. The number of hydrogen-bond acceptors (Lipinski definition) is 2. The van der Waals surface area contributed by atoms with Crippen LogP contribution in [-0.4, -0.2) is 23.0 Å². The Balaban J connectivity index is 3.52. The summed E-state index contributed by atoms with van der Waals surface area (Å²) in [6.07, 6.45) is 13.3. The van der Waals surface area contributed by atoms with E-state index in [1.807, 2.05) is 13.8 Å². The number of aliphatic carboxylic acids is 1. The molecule has 0 rings (SSSR count). The molecule has 0 aromatic heterocycles. The summed E-state index contributed by atoms with van der Waals surface area (Å²) >= 11 is 0. The van der Waals surface area contributed by atoms with E-state index in [0.29, 0.717) is 12.8 Å². The van der Waals surface area contributed by atoms with Gasteiger partial charge in [0.15, 0.2) is 0 Å². The van der Waals surface area contributed by atoms with Crippen LogP contribution in [-0.2, 0) is 9.59 Å². The van der Waals surface area contributed by atoms with Crippen molar-refractivity contribution in [1.29, 1.82) is 0 Å². The third-order valence-corrected chi connectivity index (χ3v) is 4.53. The molecule has 0 aliphatic heterocycles. The van der Waals surface area contributed by atoms with Gasteiger partial charge in [0.1, 0.15) is 6.04 Å². The maximum Gasteiger partial charge on any atom is 0.326 e. The number of carbonyl (C=O) groups is 2. The Hall–Kier alpha value is -1.06. The molecule has 4 nitrogen and oxygen atoms in total. The molecule has 25 heavy (non-hydrogen) atoms. The lowest BCUT2D eigenvalue weighted by atomic mass is 10.0. The molecule has 0 aromatic carbocycles. The third kappa shape index (κ3) is 16.2. The van der Waals surface area contributed by atoms with Gasteiger partial charge in [0.2, 0.25) is 5.91 Å². The zero-order chi connectivity index (χ0) is 19.1. The van der Waals surface area contributed by atoms with Gasteiger partial charge in [0.05, 0.1) is 0 Å². The van der Waals surface area contributed by atoms with E-state index < -0.39 is 12.0 Å². The van der Waals surface area contributed by atoms with Gasteiger partial charge in [0.25, 0.3) is 0 Å². The van der Waals surface area contributed by atoms with Gasteiger partial charge in [-0.1, -0.05) is 85.5 Å². The summed E-state index contributed by atoms with van der Waals surface area (Å²) in [6.45, 7) is 8.50. The molecule has 4 heteroatoms. The molecule has 0 unspecified atom stereocenters. The van der Waals surface area contributed by atoms with E-state index in [4.69, 9.17) is 5.11 Å². The Morgan fingerprint density at radius 1 is 0.760 bits per heavy atom. The highest BCUT2D eigenvalue weighted by molar-refractivity contribution is 5.83. The summed E-state index contributed by atoms with van der Waals surface area (Å²) in [5.41, 5.74) is 0. The van der Waals surface area contributed by atoms with Crippen LogP contribution in [0.15, 0.2) is 0 Å². The molecule has 148 valence electrons. The van der Waals surface area contributed by atoms with Crippen LogP contribution in [0.4, 0.5) is 0 Å². The molecule has 1 atom stereocenters. The first-order chi connectivity index (χ1) is 11.8. The van der Waals surface area contributed by atoms with Gasteiger partial charge >= 0.3 is 5.97 Å². The average Bonchev–Trinajstić information content (AvgIpc) is 2.51. The molecule has 0 fully saturated rings. The second-order valence-electron chi connectivity index (χ2n) is 8.20. The summed E-state index contributed by atoms with van der Waals surface area (Å²) in [7, 11) is 0. The van der Waals surface area contributed by atoms with Crippen molar-refractivity contribution in [2.24, 2.45) is 11.8 Å². The number of carbonyl (C=O) groups excluding carboxylic acids is 1. The number of rotatable bonds is 16. The summed E-state index contributed by atoms with van der Waals surface area (Å²) in [5, 5.41) is 11.8. The predicted octanol–water partition coefficient (Wildman–Crippen LogP) is 5.55. The van der Waals surface area contributed by atoms with Crippen LogP contribution in [0.1, 0.15) is 105 Å². The minimum Gasteiger partial charge on any atom is -0.480 e. The molecule has 0 saturated carbocycles. The van der Waals surface area contributed by atoms with Gasteiger partial charge in [-0.15, -0.1) is 0 Å². The van der Waals surface area contributed by atoms with Crippen molar-refractivity contribution in [1.82, 2.24) is 5.32 Å². The monoisotopic (exact) mass is 355 g/mol. The first-order valence-corrected chi connectivity index (χ1v) is 10.3. The third-order valence-electron chi connectivity index (χ3n) is 4.53. The lowest BCUT2D eigenvalue weighted by molar-refractivity contribution is -0.142. The van der Waals surface area contributed by atoms with Crippen molar-refractivity contribution < 1.29 is 14.7 Å². The fraction of sp³-hybridized carbons (Fsp3) is 0.905. The summed E-state index contributed by atoms with van der Waals surface area (Å²) < 4.78 is 0. The van der Waals surface area contributed by atoms with Gasteiger partial charge in [-0.2, -0.15) is 0 Å². The number of hydrogen-bond donors (Lipinski definition) is 2. The molecule has 0 aliphatic rings. The van der Waals surface area contributed by atoms with Crippen molar-refractivity contribution in [2.45, 2.75) is 111 Å². The molecule has 0 spiro atoms. The normalized spacial score (nSPS) is 12.6. The van der Waals surface area contributed by atoms with Gasteiger partial charge in [0, 0.05) is 6.42 Å². The average molecular weight is 356 g/mol. The number of nitrogens with one attached hydrogen (secondary N) is 1. The van der Waals surface area contributed by atoms with Gasteiger partial charge < -0.3 is 10.4 Å². The summed E-state index contributed by atoms with van der Waals surface area (Å²) in [5.74, 6) is 0.0220. The highest BCUT2D eigenvalue weighted by Crippen LogP contribution is 2.13. The first kappa shape index (κ1) is 23.9. The van der Waals surface area contributed by atoms with Crippen molar-refractivity contribution >= 4 is 11.9 Å². The Labute approximate surface area is 155 Å². The van der Waals surface area contributed by atoms with Crippen molar-refractivity contribution in [2.75, 3.05) is 0 Å². The van der Waals surface area contributed by atoms with Crippen LogP contribution in [0.25, 0.3) is 0 Å². The maximum atomic E-state index is 11.8. The topological polar surface area (TPSA) is 66.4 Å². The van der Waals surface area contributed by atoms with Gasteiger partial charge in [-0.05, 0) is 24.7 Å². The van der Waals surface area contributed by atoms with E-state index in [9.17, 15) is 9.59 Å². The zero-order valence-electron chi connectivity index (χ0n) is 17.0. The van der Waals surface area contributed by atoms with Gasteiger partial charge in [-0.3, -0.25) is 4.79 Å². The van der Waals surface area contributed by atoms with E-state index in [-0.39, 0.29) is 11.8 Å². The van der Waals surface area contributed by atoms with Crippen LogP contribution in [0, 0.1) is 11.8 Å². The molecule has 1 amide bonds. The van der Waals surface area contributed by atoms with E-state index in [1.165, 1.54) is 51.4 Å². The molecule has 0 aliphatic carbocycles. The second kappa shape index (κ2) is 15.2. The van der Waals surface area contributed by atoms with Crippen molar-refractivity contribution in [3.8, 4) is 0 Å². The zero-order valence-corrected chi connectivity index (χ0v) is 17.0. The lowest BCUT2D eigenvalue weighted by Crippen LogP contribution is -2.41. The van der Waals surface area contributed by atoms with Crippen LogP contribution in [0.3, 0.4) is 0 Å². The smallest absolute Gasteiger partial charge is 0.326 e. The lowest BCUT2D eigenvalue weighted by Gasteiger charge is -2.16. The predicted molar refractivity (Wildman–Crippen MR) is 105 cm³/mol. The Bertz CT molecular complexity index is 353. The Morgan fingerprint density at radius 3 is 1.68 bits per heavy atom. The van der Waals surface area contributed by atoms with Crippen LogP contribution in [0.2, 0.25) is 0 Å². The molecular weight excluding hydrogens is 314 g/mol. The molecule has 0 saturated heterocycles. The first-order valence-electron chi connectivity index (χ1n) is 10.3. The van der Waals surface area contributed by atoms with Crippen molar-refractivity contribution in [3.05, 3.63) is 0 Å². The quantitative estimate of drug-likeness (QED) is 0.357. The molecule has 0 heterocycles. The van der Waals surface area contributed by atoms with E-state index in [1.54, 1.807) is 0 Å². The fourth-order valence-electron chi connectivity index (χ4n) is 3.03. The van der Waals surface area contributed by atoms with Crippen LogP contribution in [0.5, 0.6) is 0 Å². The number of amides is 1. The Kier molecular flexibility index (Phi) is 14.6. The summed E-state index contributed by atoms with van der Waals surface area (Å²) in [6, 6.07) is -0.747. The number of carboxylic acids is 1. The standard InChI is InChI=1S/C21H41NO3/c1-17(2)14-12-10-8-6-5-7-9-11-13-15-20(23)22-19(21(24)25)16-18(3)4/h17-19H,5-16H2,1-4H3,(H,22,23)(H,24,25)/t19-/m0/s1. The van der Waals surface area contributed by atoms with Crippen LogP contribution < -0.4 is 5.32 Å². The van der Waals surface area contributed by atoms with E-state index in [0.717, 1.165) is 18.8 Å². The molecule has 2 N–H and O–H groups in total. The van der Waals surface area contributed by atoms with E-state index >= 15 is 0 Å². The molecular formula is C21H41NO3. The Morgan fingerprint density at radius 2 is 1.24 bits per heavy atom. The molecule has 0 aromatic rings. The SMILES string of the molecule is CC(C)CCCCCCCCCCCC(=O)N[C@@H](CC(C)C)C(=O)O. The minimum absolute atomic E-state index is 0.127. The maximum absolute atomic E-state index is 11.8. The highest BCUT2D eigenvalue weighted by Gasteiger charge is 2.20. The highest BCUT2D eigenvalue weighted by atomic mass is 16.4. The molecule has 0 bridgehead atoms. The summed E-state index contributed by atoms with van der Waals surface area (Å²) in [4.78, 5) is 23.0. The number of unbranched alkanes of at least 4 members (excludes halogenated alkanes) is 8. The van der Waals surface area contributed by atoms with Crippen molar-refractivity contribution in [3.63, 3.8) is 0 Å². The van der Waals surface area contributed by atoms with Crippen LogP contribution >= 0.6 is 0 Å². The largest absolute Gasteiger partial charge is 0.480 e. The fourth-order valence-corrected chi connectivity index (χ4v) is 3.03. The van der Waals surface area contributed by atoms with E-state index in [2.05, 4.69) is 19.2 Å². The van der Waals surface area contributed by atoms with Gasteiger partial charge in [-0.25, -0.2) is 4.79 Å². The minimum atomic E-state index is -0.935.